The molecule has 0 rings (SSSR count). The number of ether oxygens (including phenoxy) is 2. The quantitative estimate of drug-likeness (QED) is 0.0211. The van der Waals surface area contributed by atoms with E-state index in [1.165, 1.54) is 122 Å². The number of unbranched alkanes of at least 4 members (excludes halogenated alkanes) is 24. The highest BCUT2D eigenvalue weighted by Crippen LogP contribution is 2.43. The highest BCUT2D eigenvalue weighted by molar-refractivity contribution is 7.47. The fourth-order valence-corrected chi connectivity index (χ4v) is 10.4. The molecule has 0 saturated carbocycles. The molecule has 0 heterocycles. The van der Waals surface area contributed by atoms with E-state index in [0.29, 0.717) is 17.4 Å². The summed E-state index contributed by atoms with van der Waals surface area (Å²) in [5.41, 5.74) is 0. The minimum atomic E-state index is -4.41. The number of likely N-dealkylation sites (N-methyl/N-ethyl adjacent to an activating group) is 1. The second kappa shape index (κ2) is 70.7. The standard InChI is InChI=1S/C82H136NO8P/c1-6-8-10-12-14-16-18-20-22-24-26-28-30-32-34-36-38-39-40-41-42-43-45-46-48-50-52-54-56-58-60-62-64-66-68-70-72-74-81(84)88-78-80(79-90-92(86,87)89-77-76-83(3,4)5)91-82(85)75-73-71-69-67-65-63-61-59-57-55-53-51-49-47-44-37-35-33-31-29-27-25-23-21-19-17-15-13-11-9-7-2/h8-11,14-17,20-23,26-29,32-35,44,47,51,53,57,59,63,65,80H,6-7,12-13,18-19,24-25,30-31,36-43,45-46,48-50,52,54-56,58,60-62,64,66-79H2,1-5H3/p+1/b10-8-,11-9-,16-14-,17-15-,22-20-,23-21-,28-26-,29-27-,34-32-,35-33-,47-44-,53-51-,59-57-,65-63-. The Bertz CT molecular complexity index is 2160. The summed E-state index contributed by atoms with van der Waals surface area (Å²) in [7, 11) is 1.44. The average molecular weight is 1300 g/mol. The molecule has 0 aromatic heterocycles. The van der Waals surface area contributed by atoms with Gasteiger partial charge in [0.15, 0.2) is 6.10 Å². The van der Waals surface area contributed by atoms with Gasteiger partial charge in [-0.25, -0.2) is 4.57 Å². The van der Waals surface area contributed by atoms with Crippen LogP contribution in [0, 0.1) is 0 Å². The normalized spacial score (nSPS) is 14.1. The maximum absolute atomic E-state index is 12.9. The number of hydrogen-bond acceptors (Lipinski definition) is 7. The van der Waals surface area contributed by atoms with Gasteiger partial charge in [0.2, 0.25) is 0 Å². The van der Waals surface area contributed by atoms with Crippen molar-refractivity contribution in [2.75, 3.05) is 47.5 Å². The van der Waals surface area contributed by atoms with Crippen molar-refractivity contribution < 1.29 is 42.1 Å². The lowest BCUT2D eigenvalue weighted by molar-refractivity contribution is -0.870. The monoisotopic (exact) mass is 1300 g/mol. The molecule has 10 heteroatoms. The topological polar surface area (TPSA) is 108 Å². The van der Waals surface area contributed by atoms with Crippen molar-refractivity contribution in [1.29, 1.82) is 0 Å². The van der Waals surface area contributed by atoms with Crippen LogP contribution in [0.25, 0.3) is 0 Å². The lowest BCUT2D eigenvalue weighted by Crippen LogP contribution is -2.37. The number of carbonyl (C=O) groups is 2. The first kappa shape index (κ1) is 87.4. The Balaban J connectivity index is 4.09. The second-order valence-electron chi connectivity index (χ2n) is 25.2. The van der Waals surface area contributed by atoms with Gasteiger partial charge in [0.1, 0.15) is 19.8 Å². The van der Waals surface area contributed by atoms with Crippen LogP contribution in [-0.4, -0.2) is 74.9 Å². The largest absolute Gasteiger partial charge is 0.472 e. The van der Waals surface area contributed by atoms with Crippen LogP contribution in [0.5, 0.6) is 0 Å². The molecule has 0 fully saturated rings. The van der Waals surface area contributed by atoms with Crippen molar-refractivity contribution >= 4 is 19.8 Å². The fraction of sp³-hybridized carbons (Fsp3) is 0.634. The van der Waals surface area contributed by atoms with Crippen molar-refractivity contribution in [2.45, 2.75) is 290 Å². The number of allylic oxidation sites excluding steroid dienone is 28. The molecule has 92 heavy (non-hydrogen) atoms. The SMILES string of the molecule is CC/C=C\C/C=C\C/C=C\C/C=C\C/C=C\C/C=C\C/C=C\C/C=C\C/C=C\CCCCCC(=O)OC(COC(=O)CCCCCCCCCCCCCCCCCCCCCCC/C=C\C/C=C\C/C=C\C/C=C\C/C=C\CC)COP(=O)(O)OCC[N+](C)(C)C. The Morgan fingerprint density at radius 2 is 0.587 bits per heavy atom. The van der Waals surface area contributed by atoms with E-state index >= 15 is 0 Å². The molecule has 0 aliphatic carbocycles. The van der Waals surface area contributed by atoms with E-state index in [2.05, 4.69) is 184 Å². The van der Waals surface area contributed by atoms with Crippen LogP contribution in [0.3, 0.4) is 0 Å². The first-order valence-corrected chi connectivity index (χ1v) is 38.4. The van der Waals surface area contributed by atoms with Gasteiger partial charge in [0.25, 0.3) is 0 Å². The van der Waals surface area contributed by atoms with Gasteiger partial charge in [-0.2, -0.15) is 0 Å². The van der Waals surface area contributed by atoms with E-state index in [1.54, 1.807) is 0 Å². The molecule has 0 aliphatic heterocycles. The molecule has 9 nitrogen and oxygen atoms in total. The maximum Gasteiger partial charge on any atom is 0.472 e. The summed E-state index contributed by atoms with van der Waals surface area (Å²) in [6.45, 7) is 4.17. The summed E-state index contributed by atoms with van der Waals surface area (Å²) in [6, 6.07) is 0. The van der Waals surface area contributed by atoms with Crippen molar-refractivity contribution in [1.82, 2.24) is 0 Å². The van der Waals surface area contributed by atoms with Crippen molar-refractivity contribution in [3.63, 3.8) is 0 Å². The minimum absolute atomic E-state index is 0.0173. The van der Waals surface area contributed by atoms with Gasteiger partial charge < -0.3 is 18.9 Å². The van der Waals surface area contributed by atoms with E-state index in [-0.39, 0.29) is 32.0 Å². The summed E-state index contributed by atoms with van der Waals surface area (Å²) in [6.07, 6.45) is 108. The van der Waals surface area contributed by atoms with Crippen molar-refractivity contribution in [3.8, 4) is 0 Å². The third-order valence-corrected chi connectivity index (χ3v) is 16.2. The number of carbonyl (C=O) groups excluding carboxylic acids is 2. The maximum atomic E-state index is 12.9. The van der Waals surface area contributed by atoms with Crippen LogP contribution in [0.1, 0.15) is 284 Å². The minimum Gasteiger partial charge on any atom is -0.462 e. The second-order valence-corrected chi connectivity index (χ2v) is 26.7. The van der Waals surface area contributed by atoms with Crippen LogP contribution in [0.4, 0.5) is 0 Å². The van der Waals surface area contributed by atoms with Crippen LogP contribution in [0.2, 0.25) is 0 Å². The molecule has 0 aromatic carbocycles. The number of nitrogens with zero attached hydrogens (tertiary/aromatic N) is 1. The summed E-state index contributed by atoms with van der Waals surface area (Å²) in [4.78, 5) is 35.9. The van der Waals surface area contributed by atoms with E-state index < -0.39 is 26.5 Å². The number of rotatable bonds is 66. The zero-order chi connectivity index (χ0) is 66.9. The zero-order valence-electron chi connectivity index (χ0n) is 59.5. The highest BCUT2D eigenvalue weighted by atomic mass is 31.2. The Morgan fingerprint density at radius 1 is 0.337 bits per heavy atom. The molecule has 2 atom stereocenters. The number of phosphoric acid groups is 1. The number of hydrogen-bond donors (Lipinski definition) is 1. The molecule has 0 aromatic rings. The lowest BCUT2D eigenvalue weighted by atomic mass is 10.0. The molecular weight excluding hydrogens is 1160 g/mol. The Morgan fingerprint density at radius 3 is 0.880 bits per heavy atom. The molecule has 0 radical (unpaired) electrons. The molecule has 0 aliphatic rings. The number of phosphoric ester groups is 1. The summed E-state index contributed by atoms with van der Waals surface area (Å²) in [5.74, 6) is -0.839. The average Bonchev–Trinajstić information content (AvgIpc) is 2.14. The predicted molar refractivity (Wildman–Crippen MR) is 399 cm³/mol. The van der Waals surface area contributed by atoms with Gasteiger partial charge in [-0.05, 0) is 128 Å². The summed E-state index contributed by atoms with van der Waals surface area (Å²) >= 11 is 0. The summed E-state index contributed by atoms with van der Waals surface area (Å²) < 4.78 is 34.7. The van der Waals surface area contributed by atoms with Crippen molar-refractivity contribution in [3.05, 3.63) is 170 Å². The van der Waals surface area contributed by atoms with E-state index in [4.69, 9.17) is 18.5 Å². The van der Waals surface area contributed by atoms with Gasteiger partial charge in [0.05, 0.1) is 27.7 Å². The Labute approximate surface area is 566 Å². The van der Waals surface area contributed by atoms with Crippen LogP contribution in [0.15, 0.2) is 170 Å². The molecule has 2 unspecified atom stereocenters. The van der Waals surface area contributed by atoms with Gasteiger partial charge in [-0.1, -0.05) is 312 Å². The van der Waals surface area contributed by atoms with E-state index in [9.17, 15) is 19.0 Å². The van der Waals surface area contributed by atoms with Crippen molar-refractivity contribution in [2.24, 2.45) is 0 Å². The molecule has 1 N–H and O–H groups in total. The third kappa shape index (κ3) is 74.4. The molecule has 522 valence electrons. The van der Waals surface area contributed by atoms with Crippen LogP contribution < -0.4 is 0 Å². The van der Waals surface area contributed by atoms with E-state index in [1.807, 2.05) is 21.1 Å². The Hall–Kier alpha value is -4.63. The van der Waals surface area contributed by atoms with Crippen LogP contribution >= 0.6 is 7.82 Å². The number of esters is 2. The summed E-state index contributed by atoms with van der Waals surface area (Å²) in [5, 5.41) is 0. The fourth-order valence-electron chi connectivity index (χ4n) is 9.68. The van der Waals surface area contributed by atoms with E-state index in [0.717, 1.165) is 128 Å². The van der Waals surface area contributed by atoms with Crippen LogP contribution in [-0.2, 0) is 32.7 Å². The first-order chi connectivity index (χ1) is 45.0. The predicted octanol–water partition coefficient (Wildman–Crippen LogP) is 24.5. The zero-order valence-corrected chi connectivity index (χ0v) is 60.4. The molecular formula is C82H137NO8P+. The number of quaternary nitrogens is 1. The molecule has 0 amide bonds. The third-order valence-electron chi connectivity index (χ3n) is 15.2. The smallest absolute Gasteiger partial charge is 0.462 e. The highest BCUT2D eigenvalue weighted by Gasteiger charge is 2.27. The van der Waals surface area contributed by atoms with Gasteiger partial charge in [-0.3, -0.25) is 18.6 Å². The molecule has 0 bridgehead atoms. The van der Waals surface area contributed by atoms with Gasteiger partial charge in [-0.15, -0.1) is 0 Å². The molecule has 0 spiro atoms. The molecule has 0 saturated heterocycles. The Kier molecular flexibility index (Phi) is 67.1. The van der Waals surface area contributed by atoms with Gasteiger partial charge >= 0.3 is 19.8 Å². The first-order valence-electron chi connectivity index (χ1n) is 36.9. The lowest BCUT2D eigenvalue weighted by Gasteiger charge is -2.24. The van der Waals surface area contributed by atoms with Gasteiger partial charge in [0, 0.05) is 12.8 Å².